The summed E-state index contributed by atoms with van der Waals surface area (Å²) in [5.41, 5.74) is 9.71. The molecule has 2 N–H and O–H groups in total. The number of piperidine rings is 1. The number of aromatic nitrogens is 1. The van der Waals surface area contributed by atoms with Crippen molar-refractivity contribution in [3.05, 3.63) is 81.4 Å². The zero-order chi connectivity index (χ0) is 35.4. The third kappa shape index (κ3) is 10.1. The maximum atomic E-state index is 13.6. The lowest BCUT2D eigenvalue weighted by Gasteiger charge is -2.40. The van der Waals surface area contributed by atoms with E-state index in [2.05, 4.69) is 41.8 Å². The standard InChI is InChI=1S/C36H46FN3O3.C4H10O/c1-23(2)43-33(42)19-31-25(4)38-32(22-41)34(35(31)40-15-12-36(5,6)13-16-40)27-7-8-29-21-39(14-11-26(29)18-27)20-28-9-10-30(37)17-24(28)3;1-4(2,3)5/h7-10,17-18,23,41H,11-16,19-22H2,1-6H3;5H,1-3H3. The molecule has 7 nitrogen and oxygen atoms in total. The molecule has 0 unspecified atom stereocenters. The van der Waals surface area contributed by atoms with Gasteiger partial charge in [0.2, 0.25) is 0 Å². The number of carbonyl (C=O) groups is 1. The first-order valence-corrected chi connectivity index (χ1v) is 17.3. The molecule has 1 saturated heterocycles. The highest BCUT2D eigenvalue weighted by Gasteiger charge is 2.31. The summed E-state index contributed by atoms with van der Waals surface area (Å²) in [5, 5.41) is 19.1. The first-order valence-electron chi connectivity index (χ1n) is 17.3. The summed E-state index contributed by atoms with van der Waals surface area (Å²) in [6, 6.07) is 11.6. The van der Waals surface area contributed by atoms with Gasteiger partial charge in [-0.25, -0.2) is 4.39 Å². The number of aryl methyl sites for hydroxylation is 2. The monoisotopic (exact) mass is 661 g/mol. The molecule has 1 aromatic heterocycles. The van der Waals surface area contributed by atoms with Crippen LogP contribution in [0.2, 0.25) is 0 Å². The number of aliphatic hydroxyl groups is 2. The van der Waals surface area contributed by atoms with E-state index >= 15 is 0 Å². The van der Waals surface area contributed by atoms with Gasteiger partial charge in [-0.1, -0.05) is 38.1 Å². The van der Waals surface area contributed by atoms with Gasteiger partial charge >= 0.3 is 5.97 Å². The predicted molar refractivity (Wildman–Crippen MR) is 191 cm³/mol. The number of hydrogen-bond donors (Lipinski definition) is 2. The van der Waals surface area contributed by atoms with E-state index in [0.29, 0.717) is 5.69 Å². The number of hydrogen-bond acceptors (Lipinski definition) is 7. The molecular formula is C40H56FN3O4. The van der Waals surface area contributed by atoms with Crippen molar-refractivity contribution >= 4 is 11.7 Å². The molecule has 2 aliphatic rings. The Kier molecular flexibility index (Phi) is 12.1. The fraction of sp³-hybridized carbons (Fsp3) is 0.550. The fourth-order valence-electron chi connectivity index (χ4n) is 6.53. The van der Waals surface area contributed by atoms with Crippen molar-refractivity contribution in [2.45, 2.75) is 119 Å². The van der Waals surface area contributed by atoms with Crippen LogP contribution in [0, 0.1) is 25.1 Å². The molecule has 262 valence electrons. The minimum absolute atomic E-state index is 0.146. The van der Waals surface area contributed by atoms with Crippen molar-refractivity contribution in [3.8, 4) is 11.1 Å². The van der Waals surface area contributed by atoms with Gasteiger partial charge < -0.3 is 19.8 Å². The summed E-state index contributed by atoms with van der Waals surface area (Å²) in [4.78, 5) is 22.6. The number of pyridine rings is 1. The van der Waals surface area contributed by atoms with E-state index in [1.54, 1.807) is 32.9 Å². The number of aliphatic hydroxyl groups excluding tert-OH is 1. The van der Waals surface area contributed by atoms with Gasteiger partial charge in [0, 0.05) is 49.5 Å². The molecule has 3 aromatic rings. The molecule has 2 aliphatic heterocycles. The highest BCUT2D eigenvalue weighted by atomic mass is 19.1. The van der Waals surface area contributed by atoms with Crippen LogP contribution in [-0.4, -0.2) is 57.4 Å². The van der Waals surface area contributed by atoms with E-state index in [9.17, 15) is 14.3 Å². The Balaban J connectivity index is 0.000000968. The number of anilines is 1. The number of nitrogens with zero attached hydrogens (tertiary/aromatic N) is 3. The van der Waals surface area contributed by atoms with Crippen LogP contribution in [0.15, 0.2) is 36.4 Å². The van der Waals surface area contributed by atoms with Crippen LogP contribution in [-0.2, 0) is 42.1 Å². The first kappa shape index (κ1) is 37.5. The van der Waals surface area contributed by atoms with Crippen LogP contribution < -0.4 is 4.90 Å². The maximum absolute atomic E-state index is 13.6. The Hall–Kier alpha value is -3.33. The number of halogens is 1. The highest BCUT2D eigenvalue weighted by Crippen LogP contribution is 2.42. The quantitative estimate of drug-likeness (QED) is 0.243. The molecule has 2 aromatic carbocycles. The molecule has 1 fully saturated rings. The van der Waals surface area contributed by atoms with Crippen molar-refractivity contribution in [1.82, 2.24) is 9.88 Å². The van der Waals surface area contributed by atoms with Crippen molar-refractivity contribution in [1.29, 1.82) is 0 Å². The average Bonchev–Trinajstić information content (AvgIpc) is 2.98. The van der Waals surface area contributed by atoms with Crippen molar-refractivity contribution in [2.24, 2.45) is 5.41 Å². The summed E-state index contributed by atoms with van der Waals surface area (Å²) < 4.78 is 19.2. The molecule has 0 saturated carbocycles. The Morgan fingerprint density at radius 2 is 1.71 bits per heavy atom. The zero-order valence-corrected chi connectivity index (χ0v) is 30.5. The molecule has 0 spiro atoms. The maximum Gasteiger partial charge on any atom is 0.310 e. The molecule has 5 rings (SSSR count). The Morgan fingerprint density at radius 1 is 1.04 bits per heavy atom. The van der Waals surface area contributed by atoms with Crippen molar-refractivity contribution in [2.75, 3.05) is 24.5 Å². The normalized spacial score (nSPS) is 16.3. The minimum atomic E-state index is -0.500. The van der Waals surface area contributed by atoms with Gasteiger partial charge in [0.25, 0.3) is 0 Å². The topological polar surface area (TPSA) is 86.1 Å². The Morgan fingerprint density at radius 3 is 2.31 bits per heavy atom. The molecule has 0 amide bonds. The molecule has 48 heavy (non-hydrogen) atoms. The van der Waals surface area contributed by atoms with Gasteiger partial charge in [0.1, 0.15) is 5.82 Å². The van der Waals surface area contributed by atoms with E-state index in [0.717, 1.165) is 91.2 Å². The fourth-order valence-corrected chi connectivity index (χ4v) is 6.53. The van der Waals surface area contributed by atoms with E-state index in [4.69, 9.17) is 14.8 Å². The smallest absolute Gasteiger partial charge is 0.310 e. The molecule has 0 radical (unpaired) electrons. The van der Waals surface area contributed by atoms with Gasteiger partial charge in [-0.05, 0) is 113 Å². The van der Waals surface area contributed by atoms with Gasteiger partial charge in [0.15, 0.2) is 0 Å². The van der Waals surface area contributed by atoms with E-state index in [-0.39, 0.29) is 36.3 Å². The summed E-state index contributed by atoms with van der Waals surface area (Å²) in [6.07, 6.45) is 2.95. The lowest BCUT2D eigenvalue weighted by Crippen LogP contribution is -2.38. The number of fused-ring (bicyclic) bond motifs is 1. The average molecular weight is 662 g/mol. The van der Waals surface area contributed by atoms with Crippen LogP contribution in [0.5, 0.6) is 0 Å². The summed E-state index contributed by atoms with van der Waals surface area (Å²) in [7, 11) is 0. The van der Waals surface area contributed by atoms with E-state index in [1.165, 1.54) is 11.1 Å². The van der Waals surface area contributed by atoms with Gasteiger partial charge in [-0.2, -0.15) is 0 Å². The molecule has 3 heterocycles. The second-order valence-electron chi connectivity index (χ2n) is 15.6. The number of rotatable bonds is 8. The second kappa shape index (κ2) is 15.5. The van der Waals surface area contributed by atoms with Crippen LogP contribution in [0.25, 0.3) is 11.1 Å². The summed E-state index contributed by atoms with van der Waals surface area (Å²) in [6.45, 7) is 21.6. The second-order valence-corrected chi connectivity index (χ2v) is 15.6. The van der Waals surface area contributed by atoms with E-state index < -0.39 is 5.60 Å². The molecule has 8 heteroatoms. The Labute approximate surface area is 287 Å². The third-order valence-corrected chi connectivity index (χ3v) is 9.11. The molecular weight excluding hydrogens is 605 g/mol. The van der Waals surface area contributed by atoms with Crippen molar-refractivity contribution in [3.63, 3.8) is 0 Å². The van der Waals surface area contributed by atoms with Crippen molar-refractivity contribution < 1.29 is 24.1 Å². The summed E-state index contributed by atoms with van der Waals surface area (Å²) >= 11 is 0. The predicted octanol–water partition coefficient (Wildman–Crippen LogP) is 7.45. The van der Waals surface area contributed by atoms with Crippen LogP contribution >= 0.6 is 0 Å². The number of carbonyl (C=O) groups excluding carboxylic acids is 1. The largest absolute Gasteiger partial charge is 0.463 e. The zero-order valence-electron chi connectivity index (χ0n) is 30.5. The van der Waals surface area contributed by atoms with Gasteiger partial charge in [-0.15, -0.1) is 0 Å². The molecule has 0 aliphatic carbocycles. The van der Waals surface area contributed by atoms with E-state index in [1.807, 2.05) is 33.8 Å². The van der Waals surface area contributed by atoms with Gasteiger partial charge in [-0.3, -0.25) is 14.7 Å². The number of ether oxygens (including phenoxy) is 1. The third-order valence-electron chi connectivity index (χ3n) is 9.11. The van der Waals surface area contributed by atoms with Crippen LogP contribution in [0.1, 0.15) is 101 Å². The highest BCUT2D eigenvalue weighted by molar-refractivity contribution is 5.87. The lowest BCUT2D eigenvalue weighted by molar-refractivity contribution is -0.146. The molecule has 0 atom stereocenters. The molecule has 0 bridgehead atoms. The summed E-state index contributed by atoms with van der Waals surface area (Å²) in [5.74, 6) is -0.457. The SMILES string of the molecule is CC(C)(C)O.Cc1cc(F)ccc1CN1CCc2cc(-c3c(CO)nc(C)c(CC(=O)OC(C)C)c3N3CCC(C)(C)CC3)ccc2C1. The number of benzene rings is 2. The lowest BCUT2D eigenvalue weighted by atomic mass is 9.81. The first-order chi connectivity index (χ1) is 22.4. The minimum Gasteiger partial charge on any atom is -0.463 e. The number of esters is 1. The van der Waals surface area contributed by atoms with Crippen LogP contribution in [0.4, 0.5) is 10.1 Å². The van der Waals surface area contributed by atoms with Gasteiger partial charge in [0.05, 0.1) is 36.1 Å². The van der Waals surface area contributed by atoms with Crippen LogP contribution in [0.3, 0.4) is 0 Å². The Bertz CT molecular complexity index is 1580.